The Bertz CT molecular complexity index is 594. The van der Waals surface area contributed by atoms with E-state index in [0.29, 0.717) is 25.1 Å². The zero-order valence-electron chi connectivity index (χ0n) is 14.1. The van der Waals surface area contributed by atoms with Crippen LogP contribution in [0, 0.1) is 5.82 Å². The number of hydrogen-bond donors (Lipinski definition) is 3. The van der Waals surface area contributed by atoms with E-state index in [1.807, 2.05) is 0 Å². The molecule has 7 heteroatoms. The van der Waals surface area contributed by atoms with Gasteiger partial charge in [0.2, 0.25) is 5.91 Å². The second kappa shape index (κ2) is 8.12. The van der Waals surface area contributed by atoms with E-state index in [2.05, 4.69) is 10.2 Å². The van der Waals surface area contributed by atoms with Crippen LogP contribution in [0.1, 0.15) is 25.7 Å². The predicted octanol–water partition coefficient (Wildman–Crippen LogP) is 0.669. The number of likely N-dealkylation sites (tertiary alicyclic amines) is 1. The molecule has 0 bridgehead atoms. The highest BCUT2D eigenvalue weighted by Crippen LogP contribution is 2.25. The molecule has 0 spiro atoms. The van der Waals surface area contributed by atoms with Crippen molar-refractivity contribution in [1.82, 2.24) is 10.2 Å². The molecule has 2 aliphatic rings. The summed E-state index contributed by atoms with van der Waals surface area (Å²) in [5.74, 6) is -0.245. The first-order valence-electron chi connectivity index (χ1n) is 8.83. The van der Waals surface area contributed by atoms with Crippen molar-refractivity contribution in [2.75, 3.05) is 19.6 Å². The number of hydrogen-bond acceptors (Lipinski definition) is 5. The number of amides is 1. The largest absolute Gasteiger partial charge is 0.488 e. The molecule has 3 rings (SSSR count). The van der Waals surface area contributed by atoms with E-state index in [4.69, 9.17) is 4.74 Å². The van der Waals surface area contributed by atoms with E-state index in [1.165, 1.54) is 18.2 Å². The zero-order chi connectivity index (χ0) is 17.8. The Morgan fingerprint density at radius 1 is 1.24 bits per heavy atom. The lowest BCUT2D eigenvalue weighted by Crippen LogP contribution is -2.58. The lowest BCUT2D eigenvalue weighted by Gasteiger charge is -2.38. The van der Waals surface area contributed by atoms with Gasteiger partial charge in [-0.05, 0) is 50.9 Å². The number of aliphatic hydroxyl groups excluding tert-OH is 2. The van der Waals surface area contributed by atoms with Crippen LogP contribution in [0.4, 0.5) is 4.39 Å². The van der Waals surface area contributed by atoms with Crippen molar-refractivity contribution in [2.24, 2.45) is 0 Å². The molecule has 138 valence electrons. The standard InChI is InChI=1S/C18H25FN2O4/c19-12-4-3-5-13(10-12)25-15-7-6-14(17(23)18(15)24)20-16(22)11-21-8-1-2-9-21/h3-5,10,14-15,17-18,23-24H,1-2,6-9,11H2,(H,20,22)/t14-,15-,17-,18-/m1/s1. The summed E-state index contributed by atoms with van der Waals surface area (Å²) in [7, 11) is 0. The third-order valence-corrected chi connectivity index (χ3v) is 4.90. The predicted molar refractivity (Wildman–Crippen MR) is 89.7 cm³/mol. The molecule has 25 heavy (non-hydrogen) atoms. The highest BCUT2D eigenvalue weighted by molar-refractivity contribution is 5.78. The van der Waals surface area contributed by atoms with E-state index in [1.54, 1.807) is 6.07 Å². The topological polar surface area (TPSA) is 82.0 Å². The Morgan fingerprint density at radius 2 is 2.00 bits per heavy atom. The van der Waals surface area contributed by atoms with Crippen molar-refractivity contribution >= 4 is 5.91 Å². The quantitative estimate of drug-likeness (QED) is 0.726. The van der Waals surface area contributed by atoms with Crippen molar-refractivity contribution < 1.29 is 24.1 Å². The van der Waals surface area contributed by atoms with Crippen LogP contribution >= 0.6 is 0 Å². The van der Waals surface area contributed by atoms with Gasteiger partial charge in [0, 0.05) is 6.07 Å². The molecule has 2 fully saturated rings. The number of carbonyl (C=O) groups is 1. The molecule has 1 aliphatic heterocycles. The first-order chi connectivity index (χ1) is 12.0. The minimum absolute atomic E-state index is 0.136. The van der Waals surface area contributed by atoms with Crippen molar-refractivity contribution in [3.63, 3.8) is 0 Å². The molecule has 1 aromatic carbocycles. The molecule has 4 atom stereocenters. The highest BCUT2D eigenvalue weighted by atomic mass is 19.1. The van der Waals surface area contributed by atoms with Gasteiger partial charge in [0.25, 0.3) is 0 Å². The lowest BCUT2D eigenvalue weighted by atomic mass is 9.87. The summed E-state index contributed by atoms with van der Waals surface area (Å²) in [5.41, 5.74) is 0. The van der Waals surface area contributed by atoms with Crippen LogP contribution in [-0.4, -0.2) is 65.0 Å². The van der Waals surface area contributed by atoms with E-state index in [-0.39, 0.29) is 5.91 Å². The van der Waals surface area contributed by atoms with E-state index in [0.717, 1.165) is 25.9 Å². The third-order valence-electron chi connectivity index (χ3n) is 4.90. The normalized spacial score (nSPS) is 30.2. The molecule has 0 aromatic heterocycles. The molecular weight excluding hydrogens is 327 g/mol. The van der Waals surface area contributed by atoms with Crippen molar-refractivity contribution in [3.05, 3.63) is 30.1 Å². The highest BCUT2D eigenvalue weighted by Gasteiger charge is 2.39. The number of nitrogens with one attached hydrogen (secondary N) is 1. The SMILES string of the molecule is O=C(CN1CCCC1)N[C@@H]1CC[C@@H](Oc2cccc(F)c2)[C@@H](O)[C@@H]1O. The first-order valence-corrected chi connectivity index (χ1v) is 8.83. The Hall–Kier alpha value is -1.70. The molecule has 1 heterocycles. The van der Waals surface area contributed by atoms with Gasteiger partial charge in [0.15, 0.2) is 0 Å². The maximum absolute atomic E-state index is 13.2. The molecule has 1 amide bonds. The fourth-order valence-electron chi connectivity index (χ4n) is 3.54. The zero-order valence-corrected chi connectivity index (χ0v) is 14.1. The van der Waals surface area contributed by atoms with Crippen LogP contribution in [0.2, 0.25) is 0 Å². The Kier molecular flexibility index (Phi) is 5.88. The van der Waals surface area contributed by atoms with E-state index < -0.39 is 30.2 Å². The summed E-state index contributed by atoms with van der Waals surface area (Å²) >= 11 is 0. The maximum Gasteiger partial charge on any atom is 0.234 e. The smallest absolute Gasteiger partial charge is 0.234 e. The van der Waals surface area contributed by atoms with Crippen molar-refractivity contribution in [2.45, 2.75) is 50.0 Å². The monoisotopic (exact) mass is 352 g/mol. The van der Waals surface area contributed by atoms with E-state index >= 15 is 0 Å². The lowest BCUT2D eigenvalue weighted by molar-refractivity contribution is -0.128. The molecule has 1 aliphatic carbocycles. The van der Waals surface area contributed by atoms with Crippen molar-refractivity contribution in [1.29, 1.82) is 0 Å². The average molecular weight is 352 g/mol. The molecular formula is C18H25FN2O4. The average Bonchev–Trinajstić information content (AvgIpc) is 3.07. The Balaban J connectivity index is 1.52. The number of rotatable bonds is 5. The minimum atomic E-state index is -1.14. The van der Waals surface area contributed by atoms with Gasteiger partial charge in [0.05, 0.1) is 12.6 Å². The molecule has 1 aromatic rings. The van der Waals surface area contributed by atoms with Gasteiger partial charge in [0.1, 0.15) is 29.9 Å². The maximum atomic E-state index is 13.2. The molecule has 6 nitrogen and oxygen atoms in total. The summed E-state index contributed by atoms with van der Waals surface area (Å²) in [6.07, 6.45) is 0.272. The van der Waals surface area contributed by atoms with Crippen LogP contribution < -0.4 is 10.1 Å². The number of halogens is 1. The summed E-state index contributed by atoms with van der Waals surface area (Å²) in [6, 6.07) is 5.18. The summed E-state index contributed by atoms with van der Waals surface area (Å²) in [5, 5.41) is 23.4. The minimum Gasteiger partial charge on any atom is -0.488 e. The van der Waals surface area contributed by atoms with Gasteiger partial charge in [-0.25, -0.2) is 4.39 Å². The molecule has 0 unspecified atom stereocenters. The summed E-state index contributed by atoms with van der Waals surface area (Å²) in [4.78, 5) is 14.2. The fraction of sp³-hybridized carbons (Fsp3) is 0.611. The second-order valence-electron chi connectivity index (χ2n) is 6.83. The van der Waals surface area contributed by atoms with Crippen LogP contribution in [0.15, 0.2) is 24.3 Å². The van der Waals surface area contributed by atoms with E-state index in [9.17, 15) is 19.4 Å². The van der Waals surface area contributed by atoms with Gasteiger partial charge >= 0.3 is 0 Å². The van der Waals surface area contributed by atoms with Gasteiger partial charge in [-0.1, -0.05) is 6.07 Å². The van der Waals surface area contributed by atoms with Crippen LogP contribution in [0.25, 0.3) is 0 Å². The van der Waals surface area contributed by atoms with Crippen molar-refractivity contribution in [3.8, 4) is 5.75 Å². The summed E-state index contributed by atoms with van der Waals surface area (Å²) in [6.45, 7) is 2.17. The number of benzene rings is 1. The number of nitrogens with zero attached hydrogens (tertiary/aromatic N) is 1. The Morgan fingerprint density at radius 3 is 2.72 bits per heavy atom. The van der Waals surface area contributed by atoms with Crippen LogP contribution in [0.5, 0.6) is 5.75 Å². The first kappa shape index (κ1) is 18.1. The van der Waals surface area contributed by atoms with Crippen LogP contribution in [-0.2, 0) is 4.79 Å². The third kappa shape index (κ3) is 4.68. The molecule has 3 N–H and O–H groups in total. The van der Waals surface area contributed by atoms with Crippen LogP contribution in [0.3, 0.4) is 0 Å². The number of ether oxygens (including phenoxy) is 1. The van der Waals surface area contributed by atoms with Gasteiger partial charge in [-0.3, -0.25) is 9.69 Å². The van der Waals surface area contributed by atoms with Gasteiger partial charge in [-0.2, -0.15) is 0 Å². The number of carbonyl (C=O) groups excluding carboxylic acids is 1. The number of aliphatic hydroxyl groups is 2. The molecule has 0 radical (unpaired) electrons. The molecule has 1 saturated carbocycles. The molecule has 1 saturated heterocycles. The Labute approximate surface area is 146 Å². The summed E-state index contributed by atoms with van der Waals surface area (Å²) < 4.78 is 18.8. The van der Waals surface area contributed by atoms with Gasteiger partial charge in [-0.15, -0.1) is 0 Å². The second-order valence-corrected chi connectivity index (χ2v) is 6.83. The fourth-order valence-corrected chi connectivity index (χ4v) is 3.54. The van der Waals surface area contributed by atoms with Gasteiger partial charge < -0.3 is 20.3 Å².